The van der Waals surface area contributed by atoms with E-state index in [9.17, 15) is 4.79 Å². The van der Waals surface area contributed by atoms with Gasteiger partial charge in [-0.2, -0.15) is 0 Å². The minimum Gasteiger partial charge on any atom is -0.363 e. The van der Waals surface area contributed by atoms with Crippen LogP contribution in [-0.2, 0) is 6.54 Å². The summed E-state index contributed by atoms with van der Waals surface area (Å²) in [5, 5.41) is 10.1. The highest BCUT2D eigenvalue weighted by Crippen LogP contribution is 2.11. The second kappa shape index (κ2) is 2.49. The smallest absolute Gasteiger partial charge is 0.189 e. The molecular weight excluding hydrogens is 156 g/mol. The lowest BCUT2D eigenvalue weighted by Crippen LogP contribution is -2.20. The number of aromatic amines is 1. The first-order chi connectivity index (χ1) is 5.77. The minimum atomic E-state index is -0.0203. The Bertz CT molecular complexity index is 381. The molecule has 0 unspecified atom stereocenters. The van der Waals surface area contributed by atoms with Crippen LogP contribution in [0.25, 0.3) is 6.08 Å². The largest absolute Gasteiger partial charge is 0.363 e. The van der Waals surface area contributed by atoms with Crippen molar-refractivity contribution in [2.24, 2.45) is 0 Å². The zero-order chi connectivity index (χ0) is 8.55. The number of fused-ring (bicyclic) bond motifs is 1. The highest BCUT2D eigenvalue weighted by Gasteiger charge is 2.10. The predicted molar refractivity (Wildman–Crippen MR) is 43.4 cm³/mol. The van der Waals surface area contributed by atoms with Crippen molar-refractivity contribution < 1.29 is 5.21 Å². The molecule has 1 aliphatic heterocycles. The quantitative estimate of drug-likeness (QED) is 0.588. The molecule has 4 nitrogen and oxygen atoms in total. The molecule has 0 amide bonds. The number of nitrogens with zero attached hydrogens (tertiary/aromatic N) is 1. The maximum atomic E-state index is 11.2. The van der Waals surface area contributed by atoms with Gasteiger partial charge in [-0.1, -0.05) is 0 Å². The van der Waals surface area contributed by atoms with Crippen molar-refractivity contribution in [2.45, 2.75) is 6.54 Å². The van der Waals surface area contributed by atoms with Crippen LogP contribution in [0.3, 0.4) is 0 Å². The number of hydrogen-bond acceptors (Lipinski definition) is 3. The Morgan fingerprint density at radius 1 is 1.58 bits per heavy atom. The van der Waals surface area contributed by atoms with Gasteiger partial charge < -0.3 is 4.98 Å². The van der Waals surface area contributed by atoms with E-state index in [0.29, 0.717) is 12.1 Å². The third-order valence-electron chi connectivity index (χ3n) is 1.82. The number of hydroxylamine groups is 2. The summed E-state index contributed by atoms with van der Waals surface area (Å²) in [6.45, 7) is 0.335. The Morgan fingerprint density at radius 2 is 2.42 bits per heavy atom. The molecule has 1 aromatic rings. The van der Waals surface area contributed by atoms with Gasteiger partial charge in [-0.25, -0.2) is 0 Å². The van der Waals surface area contributed by atoms with Crippen LogP contribution in [0.5, 0.6) is 0 Å². The average Bonchev–Trinajstić information content (AvgIpc) is 2.04. The number of rotatable bonds is 0. The van der Waals surface area contributed by atoms with E-state index >= 15 is 0 Å². The van der Waals surface area contributed by atoms with Gasteiger partial charge in [0, 0.05) is 29.7 Å². The molecule has 2 heterocycles. The van der Waals surface area contributed by atoms with Gasteiger partial charge in [0.25, 0.3) is 0 Å². The molecule has 0 radical (unpaired) electrons. The molecule has 4 heteroatoms. The number of aromatic nitrogens is 1. The average molecular weight is 164 g/mol. The Kier molecular flexibility index (Phi) is 1.48. The van der Waals surface area contributed by atoms with Crippen LogP contribution in [-0.4, -0.2) is 15.3 Å². The van der Waals surface area contributed by atoms with E-state index in [0.717, 1.165) is 10.8 Å². The molecule has 0 bridgehead atoms. The maximum Gasteiger partial charge on any atom is 0.189 e. The van der Waals surface area contributed by atoms with E-state index < -0.39 is 0 Å². The summed E-state index contributed by atoms with van der Waals surface area (Å²) >= 11 is 0. The molecule has 2 N–H and O–H groups in total. The molecule has 12 heavy (non-hydrogen) atoms. The first-order valence-electron chi connectivity index (χ1n) is 3.61. The molecule has 0 saturated carbocycles. The summed E-state index contributed by atoms with van der Waals surface area (Å²) in [5.41, 5.74) is 1.35. The van der Waals surface area contributed by atoms with Crippen molar-refractivity contribution in [3.63, 3.8) is 0 Å². The third-order valence-corrected chi connectivity index (χ3v) is 1.82. The molecule has 0 spiro atoms. The van der Waals surface area contributed by atoms with E-state index in [2.05, 4.69) is 4.98 Å². The molecule has 62 valence electrons. The first kappa shape index (κ1) is 7.12. The molecule has 0 aliphatic carbocycles. The van der Waals surface area contributed by atoms with Crippen LogP contribution in [0, 0.1) is 0 Å². The van der Waals surface area contributed by atoms with Gasteiger partial charge in [0.15, 0.2) is 5.43 Å². The van der Waals surface area contributed by atoms with Crippen molar-refractivity contribution in [1.82, 2.24) is 10.0 Å². The molecule has 2 rings (SSSR count). The monoisotopic (exact) mass is 164 g/mol. The molecule has 0 fully saturated rings. The fourth-order valence-corrected chi connectivity index (χ4v) is 1.22. The third kappa shape index (κ3) is 1.02. The van der Waals surface area contributed by atoms with Gasteiger partial charge in [0.1, 0.15) is 0 Å². The summed E-state index contributed by atoms with van der Waals surface area (Å²) < 4.78 is 0. The summed E-state index contributed by atoms with van der Waals surface area (Å²) in [5.74, 6) is 0. The summed E-state index contributed by atoms with van der Waals surface area (Å²) in [7, 11) is 0. The van der Waals surface area contributed by atoms with Gasteiger partial charge in [-0.15, -0.1) is 0 Å². The van der Waals surface area contributed by atoms with Crippen LogP contribution in [0.15, 0.2) is 23.3 Å². The molecule has 0 saturated heterocycles. The fraction of sp³-hybridized carbons (Fsp3) is 0.125. The lowest BCUT2D eigenvalue weighted by Gasteiger charge is -2.17. The van der Waals surface area contributed by atoms with E-state index in [4.69, 9.17) is 5.21 Å². The Labute approximate surface area is 68.7 Å². The Balaban J connectivity index is 2.60. The lowest BCUT2D eigenvalue weighted by molar-refractivity contribution is -0.0505. The van der Waals surface area contributed by atoms with Crippen LogP contribution in [0.4, 0.5) is 0 Å². The second-order valence-electron chi connectivity index (χ2n) is 2.65. The normalized spacial score (nSPS) is 14.6. The van der Waals surface area contributed by atoms with Gasteiger partial charge in [0.05, 0.1) is 6.54 Å². The summed E-state index contributed by atoms with van der Waals surface area (Å²) in [6.07, 6.45) is 4.64. The van der Waals surface area contributed by atoms with E-state index in [-0.39, 0.29) is 5.43 Å². The summed E-state index contributed by atoms with van der Waals surface area (Å²) in [6, 6.07) is 1.47. The zero-order valence-corrected chi connectivity index (χ0v) is 6.32. The van der Waals surface area contributed by atoms with Crippen molar-refractivity contribution in [3.05, 3.63) is 39.9 Å². The lowest BCUT2D eigenvalue weighted by atomic mass is 10.1. The van der Waals surface area contributed by atoms with E-state index in [1.54, 1.807) is 12.3 Å². The van der Waals surface area contributed by atoms with E-state index in [1.165, 1.54) is 12.3 Å². The number of nitrogens with one attached hydrogen (secondary N) is 1. The predicted octanol–water partition coefficient (Wildman–Crippen LogP) is 0.550. The van der Waals surface area contributed by atoms with Crippen LogP contribution in [0.2, 0.25) is 0 Å². The van der Waals surface area contributed by atoms with E-state index in [1.807, 2.05) is 0 Å². The maximum absolute atomic E-state index is 11.2. The van der Waals surface area contributed by atoms with Gasteiger partial charge in [0.2, 0.25) is 0 Å². The highest BCUT2D eigenvalue weighted by molar-refractivity contribution is 5.52. The topological polar surface area (TPSA) is 56.3 Å². The van der Waals surface area contributed by atoms with Crippen molar-refractivity contribution >= 4 is 6.08 Å². The number of H-pyrrole nitrogens is 1. The standard InChI is InChI=1S/C8H8N2O2/c11-8-1-3-9-7-5-10(12)4-2-6(7)8/h1-4,12H,5H2,(H,9,11). The second-order valence-corrected chi connectivity index (χ2v) is 2.65. The number of hydrogen-bond donors (Lipinski definition) is 2. The SMILES string of the molecule is O=c1cc[nH]c2c1C=CN(O)C2. The van der Waals surface area contributed by atoms with Crippen LogP contribution < -0.4 is 5.43 Å². The molecule has 1 aliphatic rings. The fourth-order valence-electron chi connectivity index (χ4n) is 1.22. The van der Waals surface area contributed by atoms with Crippen LogP contribution in [0.1, 0.15) is 11.3 Å². The van der Waals surface area contributed by atoms with Gasteiger partial charge in [-0.3, -0.25) is 15.1 Å². The van der Waals surface area contributed by atoms with Gasteiger partial charge >= 0.3 is 0 Å². The summed E-state index contributed by atoms with van der Waals surface area (Å²) in [4.78, 5) is 14.1. The molecular formula is C8H8N2O2. The van der Waals surface area contributed by atoms with Crippen LogP contribution >= 0.6 is 0 Å². The van der Waals surface area contributed by atoms with Crippen molar-refractivity contribution in [1.29, 1.82) is 0 Å². The molecule has 0 aromatic carbocycles. The molecule has 1 aromatic heterocycles. The first-order valence-corrected chi connectivity index (χ1v) is 3.61. The van der Waals surface area contributed by atoms with Crippen molar-refractivity contribution in [2.75, 3.05) is 0 Å². The Morgan fingerprint density at radius 3 is 3.25 bits per heavy atom. The highest BCUT2D eigenvalue weighted by atomic mass is 16.5. The van der Waals surface area contributed by atoms with Crippen molar-refractivity contribution in [3.8, 4) is 0 Å². The van der Waals surface area contributed by atoms with Gasteiger partial charge in [-0.05, 0) is 6.08 Å². The zero-order valence-electron chi connectivity index (χ0n) is 6.32. The Hall–Kier alpha value is -1.55. The minimum absolute atomic E-state index is 0.0203. The molecule has 0 atom stereocenters. The number of pyridine rings is 1.